The second-order valence-corrected chi connectivity index (χ2v) is 10.2. The summed E-state index contributed by atoms with van der Waals surface area (Å²) in [6, 6.07) is 8.84. The van der Waals surface area contributed by atoms with Gasteiger partial charge in [0.1, 0.15) is 11.6 Å². The lowest BCUT2D eigenvalue weighted by atomic mass is 10.1. The number of carbonyl (C=O) groups is 1. The zero-order valence-corrected chi connectivity index (χ0v) is 19.7. The summed E-state index contributed by atoms with van der Waals surface area (Å²) in [7, 11) is -3.64. The van der Waals surface area contributed by atoms with E-state index in [2.05, 4.69) is 4.98 Å². The Hall–Kier alpha value is -3.11. The van der Waals surface area contributed by atoms with Crippen LogP contribution in [0.4, 0.5) is 8.78 Å². The van der Waals surface area contributed by atoms with E-state index in [1.807, 2.05) is 13.0 Å². The summed E-state index contributed by atoms with van der Waals surface area (Å²) in [5.41, 5.74) is 1.25. The van der Waals surface area contributed by atoms with Gasteiger partial charge >= 0.3 is 0 Å². The monoisotopic (exact) mass is 489 g/mol. The highest BCUT2D eigenvalue weighted by Gasteiger charge is 2.31. The van der Waals surface area contributed by atoms with Gasteiger partial charge in [0, 0.05) is 39.0 Å². The molecule has 1 fully saturated rings. The molecule has 0 bridgehead atoms. The standard InChI is InChI=1S/C24H25F2N3O4S/c1-16-6-7-17(2)21(14-16)34(31,32)29-12-10-28(11-13-29)23(30)9-8-22-27-15-20(33-22)24-18(25)4-3-5-19(24)26/h3-7,14-15H,8-13H2,1-2H3. The maximum atomic E-state index is 13.9. The fourth-order valence-corrected chi connectivity index (χ4v) is 5.68. The number of sulfonamides is 1. The molecule has 10 heteroatoms. The summed E-state index contributed by atoms with van der Waals surface area (Å²) in [5, 5.41) is 0. The number of hydrogen-bond donors (Lipinski definition) is 0. The molecule has 2 aromatic carbocycles. The molecule has 7 nitrogen and oxygen atoms in total. The van der Waals surface area contributed by atoms with Crippen LogP contribution in [0.3, 0.4) is 0 Å². The highest BCUT2D eigenvalue weighted by Crippen LogP contribution is 2.27. The number of piperazine rings is 1. The molecule has 1 aliphatic heterocycles. The quantitative estimate of drug-likeness (QED) is 0.527. The fraction of sp³-hybridized carbons (Fsp3) is 0.333. The van der Waals surface area contributed by atoms with Crippen LogP contribution in [0.5, 0.6) is 0 Å². The lowest BCUT2D eigenvalue weighted by Gasteiger charge is -2.34. The first-order chi connectivity index (χ1) is 16.2. The van der Waals surface area contributed by atoms with Crippen LogP contribution in [0, 0.1) is 25.5 Å². The van der Waals surface area contributed by atoms with E-state index in [0.29, 0.717) is 10.5 Å². The molecular formula is C24H25F2N3O4S. The number of benzene rings is 2. The third-order valence-corrected chi connectivity index (χ3v) is 7.91. The van der Waals surface area contributed by atoms with Crippen molar-refractivity contribution in [3.8, 4) is 11.3 Å². The highest BCUT2D eigenvalue weighted by molar-refractivity contribution is 7.89. The molecule has 0 aliphatic carbocycles. The Labute approximate surface area is 197 Å². The number of aryl methyl sites for hydroxylation is 3. The Balaban J connectivity index is 1.34. The summed E-state index contributed by atoms with van der Waals surface area (Å²) < 4.78 is 60.8. The summed E-state index contributed by atoms with van der Waals surface area (Å²) in [6.45, 7) is 4.58. The Morgan fingerprint density at radius 1 is 1.06 bits per heavy atom. The van der Waals surface area contributed by atoms with Crippen molar-refractivity contribution in [2.45, 2.75) is 31.6 Å². The van der Waals surface area contributed by atoms with Gasteiger partial charge in [0.15, 0.2) is 11.7 Å². The number of amides is 1. The van der Waals surface area contributed by atoms with Crippen molar-refractivity contribution in [1.82, 2.24) is 14.2 Å². The van der Waals surface area contributed by atoms with E-state index >= 15 is 0 Å². The molecule has 0 unspecified atom stereocenters. The van der Waals surface area contributed by atoms with Crippen molar-refractivity contribution in [1.29, 1.82) is 0 Å². The summed E-state index contributed by atoms with van der Waals surface area (Å²) in [5.74, 6) is -1.52. The predicted octanol–water partition coefficient (Wildman–Crippen LogP) is 3.70. The minimum absolute atomic E-state index is 0.0386. The van der Waals surface area contributed by atoms with Crippen molar-refractivity contribution in [2.24, 2.45) is 0 Å². The van der Waals surface area contributed by atoms with Gasteiger partial charge < -0.3 is 9.32 Å². The van der Waals surface area contributed by atoms with Crippen molar-refractivity contribution < 1.29 is 26.4 Å². The van der Waals surface area contributed by atoms with E-state index in [4.69, 9.17) is 4.42 Å². The minimum Gasteiger partial charge on any atom is -0.441 e. The average Bonchev–Trinajstić information content (AvgIpc) is 3.27. The lowest BCUT2D eigenvalue weighted by Crippen LogP contribution is -2.50. The summed E-state index contributed by atoms with van der Waals surface area (Å²) in [6.07, 6.45) is 1.48. The van der Waals surface area contributed by atoms with Gasteiger partial charge in [0.05, 0.1) is 16.7 Å². The largest absolute Gasteiger partial charge is 0.441 e. The third-order valence-electron chi connectivity index (χ3n) is 5.87. The highest BCUT2D eigenvalue weighted by atomic mass is 32.2. The number of nitrogens with zero attached hydrogens (tertiary/aromatic N) is 3. The molecule has 1 aliphatic rings. The van der Waals surface area contributed by atoms with Crippen LogP contribution in [-0.2, 0) is 21.2 Å². The van der Waals surface area contributed by atoms with E-state index in [9.17, 15) is 22.0 Å². The molecule has 0 atom stereocenters. The normalized spacial score (nSPS) is 15.0. The number of hydrogen-bond acceptors (Lipinski definition) is 5. The number of halogens is 2. The van der Waals surface area contributed by atoms with Gasteiger partial charge in [0.2, 0.25) is 15.9 Å². The number of aromatic nitrogens is 1. The van der Waals surface area contributed by atoms with Crippen LogP contribution in [-0.4, -0.2) is 54.7 Å². The number of rotatable bonds is 6. The van der Waals surface area contributed by atoms with Gasteiger partial charge in [-0.1, -0.05) is 18.2 Å². The van der Waals surface area contributed by atoms with Gasteiger partial charge in [-0.15, -0.1) is 0 Å². The van der Waals surface area contributed by atoms with Crippen LogP contribution < -0.4 is 0 Å². The van der Waals surface area contributed by atoms with Crippen molar-refractivity contribution in [3.05, 3.63) is 71.2 Å². The Morgan fingerprint density at radius 3 is 2.41 bits per heavy atom. The van der Waals surface area contributed by atoms with Crippen LogP contribution in [0.1, 0.15) is 23.4 Å². The Morgan fingerprint density at radius 2 is 1.74 bits per heavy atom. The molecule has 0 saturated carbocycles. The lowest BCUT2D eigenvalue weighted by molar-refractivity contribution is -0.132. The van der Waals surface area contributed by atoms with Gasteiger partial charge in [-0.05, 0) is 43.2 Å². The van der Waals surface area contributed by atoms with Crippen LogP contribution >= 0.6 is 0 Å². The van der Waals surface area contributed by atoms with Crippen LogP contribution in [0.2, 0.25) is 0 Å². The van der Waals surface area contributed by atoms with Crippen LogP contribution in [0.25, 0.3) is 11.3 Å². The van der Waals surface area contributed by atoms with Crippen LogP contribution in [0.15, 0.2) is 51.9 Å². The van der Waals surface area contributed by atoms with E-state index in [-0.39, 0.29) is 62.1 Å². The van der Waals surface area contributed by atoms with Gasteiger partial charge in [0.25, 0.3) is 0 Å². The van der Waals surface area contributed by atoms with Crippen molar-refractivity contribution >= 4 is 15.9 Å². The molecule has 1 saturated heterocycles. The van der Waals surface area contributed by atoms with Gasteiger partial charge in [-0.3, -0.25) is 4.79 Å². The average molecular weight is 490 g/mol. The Kier molecular flexibility index (Phi) is 6.81. The maximum absolute atomic E-state index is 13.9. The zero-order valence-electron chi connectivity index (χ0n) is 18.9. The van der Waals surface area contributed by atoms with Crippen molar-refractivity contribution in [2.75, 3.05) is 26.2 Å². The molecule has 2 heterocycles. The van der Waals surface area contributed by atoms with E-state index in [0.717, 1.165) is 17.7 Å². The smallest absolute Gasteiger partial charge is 0.243 e. The number of carbonyl (C=O) groups excluding carboxylic acids is 1. The molecule has 0 N–H and O–H groups in total. The Bertz CT molecular complexity index is 1300. The SMILES string of the molecule is Cc1ccc(C)c(S(=O)(=O)N2CCN(C(=O)CCc3ncc(-c4c(F)cccc4F)o3)CC2)c1. The molecule has 180 valence electrons. The molecule has 0 spiro atoms. The van der Waals surface area contributed by atoms with E-state index in [1.165, 1.54) is 16.6 Å². The summed E-state index contributed by atoms with van der Waals surface area (Å²) >= 11 is 0. The van der Waals surface area contributed by atoms with Crippen molar-refractivity contribution in [3.63, 3.8) is 0 Å². The van der Waals surface area contributed by atoms with Gasteiger partial charge in [-0.2, -0.15) is 4.31 Å². The topological polar surface area (TPSA) is 83.7 Å². The summed E-state index contributed by atoms with van der Waals surface area (Å²) in [4.78, 5) is 18.6. The van der Waals surface area contributed by atoms with Gasteiger partial charge in [-0.25, -0.2) is 22.2 Å². The first-order valence-electron chi connectivity index (χ1n) is 10.9. The fourth-order valence-electron chi connectivity index (χ4n) is 3.95. The van der Waals surface area contributed by atoms with E-state index < -0.39 is 21.7 Å². The molecule has 3 aromatic rings. The minimum atomic E-state index is -3.64. The molecule has 34 heavy (non-hydrogen) atoms. The second-order valence-electron chi connectivity index (χ2n) is 8.27. The number of oxazole rings is 1. The molecular weight excluding hydrogens is 464 g/mol. The third kappa shape index (κ3) is 4.88. The maximum Gasteiger partial charge on any atom is 0.243 e. The molecule has 0 radical (unpaired) electrons. The zero-order chi connectivity index (χ0) is 24.5. The molecule has 1 amide bonds. The molecule has 1 aromatic heterocycles. The molecule has 4 rings (SSSR count). The second kappa shape index (κ2) is 9.63. The predicted molar refractivity (Wildman–Crippen MR) is 121 cm³/mol. The first kappa shape index (κ1) is 24.0. The first-order valence-corrected chi connectivity index (χ1v) is 12.3. The van der Waals surface area contributed by atoms with E-state index in [1.54, 1.807) is 24.0 Å².